The van der Waals surface area contributed by atoms with Gasteiger partial charge in [-0.1, -0.05) is 23.7 Å². The van der Waals surface area contributed by atoms with Gasteiger partial charge in [0.15, 0.2) is 0 Å². The third-order valence-corrected chi connectivity index (χ3v) is 3.22. The van der Waals surface area contributed by atoms with Gasteiger partial charge < -0.3 is 4.74 Å². The molecule has 3 heteroatoms. The summed E-state index contributed by atoms with van der Waals surface area (Å²) in [6.07, 6.45) is 0. The molecule has 0 aliphatic heterocycles. The average Bonchev–Trinajstić information content (AvgIpc) is 2.34. The second-order valence-electron chi connectivity index (χ2n) is 4.25. The zero-order valence-corrected chi connectivity index (χ0v) is 11.8. The van der Waals surface area contributed by atoms with E-state index in [1.54, 1.807) is 0 Å². The maximum absolute atomic E-state index is 6.00. The zero-order valence-electron chi connectivity index (χ0n) is 10.3. The smallest absolute Gasteiger partial charge is 0.133 e. The van der Waals surface area contributed by atoms with E-state index in [2.05, 4.69) is 0 Å². The summed E-state index contributed by atoms with van der Waals surface area (Å²) in [7, 11) is 0. The van der Waals surface area contributed by atoms with Gasteiger partial charge >= 0.3 is 0 Å². The van der Waals surface area contributed by atoms with Crippen LogP contribution in [-0.4, -0.2) is 0 Å². The number of ether oxygens (including phenoxy) is 1. The highest BCUT2D eigenvalue weighted by Gasteiger charge is 2.07. The minimum Gasteiger partial charge on any atom is -0.457 e. The van der Waals surface area contributed by atoms with E-state index in [4.69, 9.17) is 27.9 Å². The molecule has 18 heavy (non-hydrogen) atoms. The first kappa shape index (κ1) is 13.3. The lowest BCUT2D eigenvalue weighted by atomic mass is 10.1. The normalized spacial score (nSPS) is 10.4. The van der Waals surface area contributed by atoms with Gasteiger partial charge in [-0.2, -0.15) is 0 Å². The number of hydrogen-bond acceptors (Lipinski definition) is 1. The first-order valence-electron chi connectivity index (χ1n) is 5.69. The fourth-order valence-corrected chi connectivity index (χ4v) is 2.36. The third-order valence-electron chi connectivity index (χ3n) is 2.70. The molecule has 2 aromatic rings. The minimum atomic E-state index is 0.482. The minimum absolute atomic E-state index is 0.482. The van der Waals surface area contributed by atoms with Crippen molar-refractivity contribution in [3.8, 4) is 11.5 Å². The van der Waals surface area contributed by atoms with Crippen molar-refractivity contribution in [3.63, 3.8) is 0 Å². The van der Waals surface area contributed by atoms with E-state index >= 15 is 0 Å². The van der Waals surface area contributed by atoms with Gasteiger partial charge in [0, 0.05) is 10.9 Å². The van der Waals surface area contributed by atoms with Crippen LogP contribution in [0.25, 0.3) is 0 Å². The van der Waals surface area contributed by atoms with E-state index in [0.29, 0.717) is 5.88 Å². The lowest BCUT2D eigenvalue weighted by molar-refractivity contribution is 0.474. The van der Waals surface area contributed by atoms with Gasteiger partial charge in [-0.05, 0) is 54.8 Å². The number of rotatable bonds is 3. The van der Waals surface area contributed by atoms with Crippen LogP contribution < -0.4 is 4.74 Å². The van der Waals surface area contributed by atoms with Gasteiger partial charge in [0.2, 0.25) is 0 Å². The van der Waals surface area contributed by atoms with E-state index in [1.165, 1.54) is 0 Å². The van der Waals surface area contributed by atoms with Crippen LogP contribution in [0.1, 0.15) is 16.7 Å². The third kappa shape index (κ3) is 2.98. The summed E-state index contributed by atoms with van der Waals surface area (Å²) in [6, 6.07) is 11.6. The molecule has 0 atom stereocenters. The molecule has 0 fully saturated rings. The summed E-state index contributed by atoms with van der Waals surface area (Å²) in [5, 5.41) is 0.729. The van der Waals surface area contributed by atoms with Gasteiger partial charge in [-0.25, -0.2) is 0 Å². The van der Waals surface area contributed by atoms with Gasteiger partial charge in [-0.3, -0.25) is 0 Å². The molecule has 0 aliphatic rings. The fraction of sp³-hybridized carbons (Fsp3) is 0.200. The van der Waals surface area contributed by atoms with Crippen LogP contribution in [0.5, 0.6) is 11.5 Å². The standard InChI is InChI=1S/C15H14Cl2O/c1-10-6-13(17)7-11(2)15(10)18-14-5-3-4-12(8-14)9-16/h3-8H,9H2,1-2H3. The van der Waals surface area contributed by atoms with Crippen LogP contribution in [0.4, 0.5) is 0 Å². The van der Waals surface area contributed by atoms with E-state index in [1.807, 2.05) is 50.2 Å². The molecule has 94 valence electrons. The zero-order chi connectivity index (χ0) is 13.1. The van der Waals surface area contributed by atoms with Crippen molar-refractivity contribution >= 4 is 23.2 Å². The maximum Gasteiger partial charge on any atom is 0.133 e. The Hall–Kier alpha value is -1.18. The largest absolute Gasteiger partial charge is 0.457 e. The van der Waals surface area contributed by atoms with E-state index < -0.39 is 0 Å². The number of hydrogen-bond donors (Lipinski definition) is 0. The Balaban J connectivity index is 2.33. The summed E-state index contributed by atoms with van der Waals surface area (Å²) in [6.45, 7) is 3.97. The Kier molecular flexibility index (Phi) is 4.15. The molecular weight excluding hydrogens is 267 g/mol. The quantitative estimate of drug-likeness (QED) is 0.676. The van der Waals surface area contributed by atoms with Crippen LogP contribution in [0.2, 0.25) is 5.02 Å². The molecule has 0 aliphatic carbocycles. The molecular formula is C15H14Cl2O. The first-order chi connectivity index (χ1) is 8.60. The second kappa shape index (κ2) is 5.64. The highest BCUT2D eigenvalue weighted by Crippen LogP contribution is 2.31. The summed E-state index contributed by atoms with van der Waals surface area (Å²) >= 11 is 11.8. The topological polar surface area (TPSA) is 9.23 Å². The van der Waals surface area contributed by atoms with Crippen molar-refractivity contribution in [2.75, 3.05) is 0 Å². The Bertz CT molecular complexity index is 541. The lowest BCUT2D eigenvalue weighted by Crippen LogP contribution is -1.92. The monoisotopic (exact) mass is 280 g/mol. The van der Waals surface area contributed by atoms with Crippen molar-refractivity contribution < 1.29 is 4.74 Å². The van der Waals surface area contributed by atoms with Crippen LogP contribution in [-0.2, 0) is 5.88 Å². The summed E-state index contributed by atoms with van der Waals surface area (Å²) in [5.74, 6) is 2.13. The molecule has 0 heterocycles. The second-order valence-corrected chi connectivity index (χ2v) is 4.96. The van der Waals surface area contributed by atoms with Gasteiger partial charge in [0.05, 0.1) is 0 Å². The Morgan fingerprint density at radius 3 is 2.33 bits per heavy atom. The molecule has 0 spiro atoms. The SMILES string of the molecule is Cc1cc(Cl)cc(C)c1Oc1cccc(CCl)c1. The summed E-state index contributed by atoms with van der Waals surface area (Å²) in [5.41, 5.74) is 3.09. The van der Waals surface area contributed by atoms with Crippen LogP contribution >= 0.6 is 23.2 Å². The fourth-order valence-electron chi connectivity index (χ4n) is 1.87. The molecule has 0 bridgehead atoms. The Morgan fingerprint density at radius 1 is 1.06 bits per heavy atom. The summed E-state index contributed by atoms with van der Waals surface area (Å²) < 4.78 is 5.92. The van der Waals surface area contributed by atoms with Crippen LogP contribution in [0.3, 0.4) is 0 Å². The number of aryl methyl sites for hydroxylation is 2. The van der Waals surface area contributed by atoms with Crippen LogP contribution in [0, 0.1) is 13.8 Å². The van der Waals surface area contributed by atoms with E-state index in [0.717, 1.165) is 33.2 Å². The molecule has 0 unspecified atom stereocenters. The Morgan fingerprint density at radius 2 is 1.72 bits per heavy atom. The van der Waals surface area contributed by atoms with Crippen molar-refractivity contribution in [2.45, 2.75) is 19.7 Å². The van der Waals surface area contributed by atoms with Crippen molar-refractivity contribution in [1.82, 2.24) is 0 Å². The van der Waals surface area contributed by atoms with Gasteiger partial charge in [0.25, 0.3) is 0 Å². The molecule has 1 nitrogen and oxygen atoms in total. The highest BCUT2D eigenvalue weighted by atomic mass is 35.5. The van der Waals surface area contributed by atoms with Gasteiger partial charge in [0.1, 0.15) is 11.5 Å². The average molecular weight is 281 g/mol. The summed E-state index contributed by atoms with van der Waals surface area (Å²) in [4.78, 5) is 0. The van der Waals surface area contributed by atoms with Crippen molar-refractivity contribution in [1.29, 1.82) is 0 Å². The van der Waals surface area contributed by atoms with E-state index in [9.17, 15) is 0 Å². The highest BCUT2D eigenvalue weighted by molar-refractivity contribution is 6.30. The van der Waals surface area contributed by atoms with Crippen molar-refractivity contribution in [3.05, 3.63) is 58.1 Å². The number of halogens is 2. The number of benzene rings is 2. The van der Waals surface area contributed by atoms with Crippen LogP contribution in [0.15, 0.2) is 36.4 Å². The first-order valence-corrected chi connectivity index (χ1v) is 6.61. The Labute approximate surface area is 117 Å². The predicted octanol–water partition coefficient (Wildman–Crippen LogP) is 5.49. The lowest BCUT2D eigenvalue weighted by Gasteiger charge is -2.12. The molecule has 0 N–H and O–H groups in total. The molecule has 0 radical (unpaired) electrons. The molecule has 2 rings (SSSR count). The maximum atomic E-state index is 6.00. The molecule has 0 aromatic heterocycles. The molecule has 0 amide bonds. The molecule has 2 aromatic carbocycles. The predicted molar refractivity (Wildman–Crippen MR) is 77.0 cm³/mol. The van der Waals surface area contributed by atoms with Gasteiger partial charge in [-0.15, -0.1) is 11.6 Å². The van der Waals surface area contributed by atoms with E-state index in [-0.39, 0.29) is 0 Å². The molecule has 0 saturated heterocycles. The molecule has 0 saturated carbocycles. The van der Waals surface area contributed by atoms with Crippen molar-refractivity contribution in [2.24, 2.45) is 0 Å². The number of alkyl halides is 1.